The first-order valence-electron chi connectivity index (χ1n) is 10.2. The number of nitrogens with two attached hydrogens (primary N) is 4. The number of nitrogens with one attached hydrogen (secondary N) is 1. The molecule has 0 saturated carbocycles. The Bertz CT molecular complexity index is 799. The molecule has 2 aromatic rings. The second-order valence-corrected chi connectivity index (χ2v) is 8.25. The van der Waals surface area contributed by atoms with E-state index in [1.807, 2.05) is 9.80 Å². The Morgan fingerprint density at radius 1 is 0.733 bits per heavy atom. The van der Waals surface area contributed by atoms with Crippen molar-refractivity contribution in [2.45, 2.75) is 37.0 Å². The quantitative estimate of drug-likeness (QED) is 0.339. The van der Waals surface area contributed by atoms with E-state index in [9.17, 15) is 5.11 Å². The summed E-state index contributed by atoms with van der Waals surface area (Å²) in [7, 11) is 0. The van der Waals surface area contributed by atoms with Gasteiger partial charge in [-0.1, -0.05) is 0 Å². The smallest absolute Gasteiger partial charge is 0.233 e. The van der Waals surface area contributed by atoms with Gasteiger partial charge >= 0.3 is 0 Å². The summed E-state index contributed by atoms with van der Waals surface area (Å²) in [6.07, 6.45) is 1.53. The zero-order chi connectivity index (χ0) is 21.3. The first-order chi connectivity index (χ1) is 14.4. The largest absolute Gasteiger partial charge is 0.508 e. The average molecular weight is 415 g/mol. The van der Waals surface area contributed by atoms with Crippen LogP contribution in [0.4, 0.5) is 23.5 Å². The highest BCUT2D eigenvalue weighted by Gasteiger charge is 2.28. The molecule has 10 N–H and O–H groups in total. The van der Waals surface area contributed by atoms with Crippen molar-refractivity contribution in [3.05, 3.63) is 24.3 Å². The van der Waals surface area contributed by atoms with Gasteiger partial charge in [0.25, 0.3) is 0 Å². The van der Waals surface area contributed by atoms with E-state index in [0.717, 1.165) is 18.5 Å². The fourth-order valence-electron chi connectivity index (χ4n) is 4.05. The van der Waals surface area contributed by atoms with Crippen LogP contribution < -0.4 is 38.1 Å². The third kappa shape index (κ3) is 4.87. The monoisotopic (exact) mass is 414 g/mol. The van der Waals surface area contributed by atoms with Gasteiger partial charge in [0.2, 0.25) is 17.8 Å². The van der Waals surface area contributed by atoms with Gasteiger partial charge in [0.15, 0.2) is 0 Å². The highest BCUT2D eigenvalue weighted by molar-refractivity contribution is 5.57. The van der Waals surface area contributed by atoms with Crippen molar-refractivity contribution < 1.29 is 5.11 Å². The van der Waals surface area contributed by atoms with E-state index in [2.05, 4.69) is 15.3 Å². The maximum absolute atomic E-state index is 9.52. The highest BCUT2D eigenvalue weighted by Crippen LogP contribution is 2.24. The highest BCUT2D eigenvalue weighted by atomic mass is 16.3. The van der Waals surface area contributed by atoms with Crippen molar-refractivity contribution in [1.29, 1.82) is 0 Å². The Morgan fingerprint density at radius 2 is 1.17 bits per heavy atom. The van der Waals surface area contributed by atoms with Crippen LogP contribution in [0.15, 0.2) is 24.3 Å². The van der Waals surface area contributed by atoms with E-state index in [1.165, 1.54) is 0 Å². The van der Waals surface area contributed by atoms with Crippen LogP contribution in [0.25, 0.3) is 0 Å². The molecular formula is C19H30N10O. The molecule has 0 aliphatic carbocycles. The molecule has 2 aliphatic rings. The molecule has 4 rings (SSSR count). The predicted molar refractivity (Wildman–Crippen MR) is 117 cm³/mol. The molecule has 2 saturated heterocycles. The Kier molecular flexibility index (Phi) is 5.86. The van der Waals surface area contributed by atoms with Gasteiger partial charge in [-0.05, 0) is 37.1 Å². The van der Waals surface area contributed by atoms with Crippen molar-refractivity contribution in [2.75, 3.05) is 41.3 Å². The molecule has 4 atom stereocenters. The lowest BCUT2D eigenvalue weighted by Gasteiger charge is -2.37. The molecule has 162 valence electrons. The number of piperidine rings is 2. The van der Waals surface area contributed by atoms with E-state index in [4.69, 9.17) is 27.9 Å². The Balaban J connectivity index is 1.67. The minimum atomic E-state index is -0.0423. The lowest BCUT2D eigenvalue weighted by molar-refractivity contribution is 0.441. The number of aromatic hydroxyl groups is 1. The zero-order valence-electron chi connectivity index (χ0n) is 16.9. The molecule has 1 aromatic carbocycles. The van der Waals surface area contributed by atoms with Gasteiger partial charge in [0, 0.05) is 56.0 Å². The summed E-state index contributed by atoms with van der Waals surface area (Å²) >= 11 is 0. The molecule has 30 heavy (non-hydrogen) atoms. The van der Waals surface area contributed by atoms with Gasteiger partial charge in [-0.25, -0.2) is 0 Å². The molecule has 1 aromatic heterocycles. The minimum Gasteiger partial charge on any atom is -0.508 e. The van der Waals surface area contributed by atoms with Gasteiger partial charge < -0.3 is 43.2 Å². The standard InChI is InChI=1S/C19H30N10O/c20-11-5-12(21)8-28(7-11)18-25-17(24-15-1-3-16(30)4-2-15)26-19(27-18)29-9-13(22)6-14(23)10-29/h1-4,11-14,30H,5-10,20-23H2,(H,24,25,26,27). The second-order valence-electron chi connectivity index (χ2n) is 8.25. The summed E-state index contributed by atoms with van der Waals surface area (Å²) in [6, 6.07) is 6.51. The van der Waals surface area contributed by atoms with Crippen LogP contribution in [-0.4, -0.2) is 70.4 Å². The van der Waals surface area contributed by atoms with Crippen LogP contribution in [0, 0.1) is 0 Å². The van der Waals surface area contributed by atoms with Crippen LogP contribution in [0.1, 0.15) is 12.8 Å². The lowest BCUT2D eigenvalue weighted by Crippen LogP contribution is -2.54. The molecule has 0 spiro atoms. The second kappa shape index (κ2) is 8.56. The van der Waals surface area contributed by atoms with Crippen LogP contribution >= 0.6 is 0 Å². The van der Waals surface area contributed by atoms with Gasteiger partial charge in [-0.2, -0.15) is 15.0 Å². The maximum atomic E-state index is 9.52. The number of phenolic OH excluding ortho intramolecular Hbond substituents is 1. The minimum absolute atomic E-state index is 0.0423. The first kappa shape index (κ1) is 20.5. The summed E-state index contributed by atoms with van der Waals surface area (Å²) in [5, 5.41) is 12.7. The molecule has 11 nitrogen and oxygen atoms in total. The number of aromatic nitrogens is 3. The number of nitrogens with zero attached hydrogens (tertiary/aromatic N) is 5. The summed E-state index contributed by atoms with van der Waals surface area (Å²) in [5.74, 6) is 1.60. The fourth-order valence-corrected chi connectivity index (χ4v) is 4.05. The summed E-state index contributed by atoms with van der Waals surface area (Å²) in [6.45, 7) is 2.48. The average Bonchev–Trinajstić information content (AvgIpc) is 2.68. The Morgan fingerprint density at radius 3 is 1.60 bits per heavy atom. The maximum Gasteiger partial charge on any atom is 0.233 e. The molecule has 0 amide bonds. The SMILES string of the molecule is NC1CC(N)CN(c2nc(Nc3ccc(O)cc3)nc(N3CC(N)CC(N)C3)n2)C1. The number of phenols is 1. The van der Waals surface area contributed by atoms with Crippen LogP contribution in [0.5, 0.6) is 5.75 Å². The number of hydrogen-bond donors (Lipinski definition) is 6. The van der Waals surface area contributed by atoms with Crippen molar-refractivity contribution in [2.24, 2.45) is 22.9 Å². The molecule has 4 unspecified atom stereocenters. The molecule has 0 bridgehead atoms. The third-order valence-electron chi connectivity index (χ3n) is 5.33. The van der Waals surface area contributed by atoms with Gasteiger partial charge in [0.1, 0.15) is 5.75 Å². The Hall–Kier alpha value is -2.73. The molecular weight excluding hydrogens is 384 g/mol. The van der Waals surface area contributed by atoms with Gasteiger partial charge in [-0.3, -0.25) is 0 Å². The number of rotatable bonds is 4. The van der Waals surface area contributed by atoms with Crippen molar-refractivity contribution in [3.63, 3.8) is 0 Å². The lowest BCUT2D eigenvalue weighted by atomic mass is 10.0. The zero-order valence-corrected chi connectivity index (χ0v) is 16.9. The topological polar surface area (TPSA) is 181 Å². The van der Waals surface area contributed by atoms with E-state index in [1.54, 1.807) is 24.3 Å². The normalized spacial score (nSPS) is 27.2. The van der Waals surface area contributed by atoms with E-state index >= 15 is 0 Å². The van der Waals surface area contributed by atoms with E-state index < -0.39 is 0 Å². The summed E-state index contributed by atoms with van der Waals surface area (Å²) < 4.78 is 0. The van der Waals surface area contributed by atoms with Gasteiger partial charge in [-0.15, -0.1) is 0 Å². The summed E-state index contributed by atoms with van der Waals surface area (Å²) in [4.78, 5) is 17.9. The summed E-state index contributed by atoms with van der Waals surface area (Å²) in [5.41, 5.74) is 25.4. The predicted octanol–water partition coefficient (Wildman–Crippen LogP) is -0.950. The number of benzene rings is 1. The molecule has 11 heteroatoms. The Labute approximate surface area is 175 Å². The first-order valence-corrected chi connectivity index (χ1v) is 10.2. The van der Waals surface area contributed by atoms with E-state index in [0.29, 0.717) is 44.0 Å². The van der Waals surface area contributed by atoms with Crippen LogP contribution in [-0.2, 0) is 0 Å². The number of hydrogen-bond acceptors (Lipinski definition) is 11. The third-order valence-corrected chi connectivity index (χ3v) is 5.33. The number of anilines is 4. The van der Waals surface area contributed by atoms with Crippen LogP contribution in [0.2, 0.25) is 0 Å². The van der Waals surface area contributed by atoms with Gasteiger partial charge in [0.05, 0.1) is 0 Å². The van der Waals surface area contributed by atoms with Crippen molar-refractivity contribution in [1.82, 2.24) is 15.0 Å². The molecule has 2 fully saturated rings. The molecule has 3 heterocycles. The molecule has 0 radical (unpaired) electrons. The molecule has 2 aliphatic heterocycles. The fraction of sp³-hybridized carbons (Fsp3) is 0.526. The van der Waals surface area contributed by atoms with Crippen molar-refractivity contribution in [3.8, 4) is 5.75 Å². The van der Waals surface area contributed by atoms with Crippen molar-refractivity contribution >= 4 is 23.5 Å². The van der Waals surface area contributed by atoms with E-state index in [-0.39, 0.29) is 29.9 Å². The van der Waals surface area contributed by atoms with Crippen LogP contribution in [0.3, 0.4) is 0 Å².